The molecule has 2 aliphatic heterocycles. The molecular formula is C37H42N6O5. The van der Waals surface area contributed by atoms with Crippen molar-refractivity contribution in [1.29, 1.82) is 0 Å². The first-order valence-electron chi connectivity index (χ1n) is 16.4. The second-order valence-electron chi connectivity index (χ2n) is 12.5. The van der Waals surface area contributed by atoms with Crippen LogP contribution < -0.4 is 20.7 Å². The van der Waals surface area contributed by atoms with Crippen molar-refractivity contribution >= 4 is 34.7 Å². The van der Waals surface area contributed by atoms with E-state index in [2.05, 4.69) is 16.4 Å². The van der Waals surface area contributed by atoms with E-state index in [-0.39, 0.29) is 35.8 Å². The number of carbonyl (C=O) groups excluding carboxylic acids is 2. The number of hydrogen-bond acceptors (Lipinski definition) is 8. The molecule has 0 radical (unpaired) electrons. The van der Waals surface area contributed by atoms with Gasteiger partial charge in [0.25, 0.3) is 17.4 Å². The third-order valence-electron chi connectivity index (χ3n) is 9.18. The van der Waals surface area contributed by atoms with Crippen LogP contribution in [0.3, 0.4) is 0 Å². The lowest BCUT2D eigenvalue weighted by atomic mass is 9.94. The Morgan fingerprint density at radius 3 is 2.52 bits per heavy atom. The smallest absolute Gasteiger partial charge is 0.274 e. The van der Waals surface area contributed by atoms with Crippen molar-refractivity contribution in [1.82, 2.24) is 14.5 Å². The molecule has 2 aromatic carbocycles. The van der Waals surface area contributed by atoms with Crippen LogP contribution in [0, 0.1) is 0 Å². The molecule has 250 valence electrons. The van der Waals surface area contributed by atoms with Crippen molar-refractivity contribution in [3.63, 3.8) is 0 Å². The van der Waals surface area contributed by atoms with Gasteiger partial charge < -0.3 is 34.4 Å². The molecule has 1 saturated heterocycles. The minimum Gasteiger partial charge on any atom is -0.392 e. The Morgan fingerprint density at radius 1 is 1.04 bits per heavy atom. The lowest BCUT2D eigenvalue weighted by Crippen LogP contribution is -2.40. The highest BCUT2D eigenvalue weighted by atomic mass is 16.5. The highest BCUT2D eigenvalue weighted by molar-refractivity contribution is 6.09. The second-order valence-corrected chi connectivity index (χ2v) is 12.5. The van der Waals surface area contributed by atoms with E-state index in [1.54, 1.807) is 36.3 Å². The Balaban J connectivity index is 1.23. The highest BCUT2D eigenvalue weighted by Gasteiger charge is 2.28. The fourth-order valence-electron chi connectivity index (χ4n) is 6.57. The van der Waals surface area contributed by atoms with E-state index in [4.69, 9.17) is 4.74 Å². The average Bonchev–Trinajstić information content (AvgIpc) is 3.10. The number of nitrogens with zero attached hydrogens (tertiary/aromatic N) is 5. The molecule has 1 fully saturated rings. The predicted molar refractivity (Wildman–Crippen MR) is 187 cm³/mol. The topological polar surface area (TPSA) is 120 Å². The Bertz CT molecular complexity index is 1880. The molecule has 4 heterocycles. The molecule has 6 rings (SSSR count). The van der Waals surface area contributed by atoms with Crippen LogP contribution in [-0.2, 0) is 24.8 Å². The Morgan fingerprint density at radius 2 is 1.83 bits per heavy atom. The number of ether oxygens (including phenoxy) is 1. The number of rotatable bonds is 9. The van der Waals surface area contributed by atoms with E-state index in [1.807, 2.05) is 61.2 Å². The summed E-state index contributed by atoms with van der Waals surface area (Å²) in [5.41, 5.74) is 5.82. The molecule has 2 N–H and O–H groups in total. The summed E-state index contributed by atoms with van der Waals surface area (Å²) in [6.07, 6.45) is 5.75. The van der Waals surface area contributed by atoms with E-state index >= 15 is 0 Å². The molecule has 4 aromatic rings. The fraction of sp³-hybridized carbons (Fsp3) is 0.351. The first-order valence-corrected chi connectivity index (χ1v) is 16.4. The number of pyridine rings is 2. The molecule has 0 bridgehead atoms. The van der Waals surface area contributed by atoms with Crippen molar-refractivity contribution in [2.45, 2.75) is 38.9 Å². The molecule has 11 nitrogen and oxygen atoms in total. The van der Waals surface area contributed by atoms with Gasteiger partial charge in [0.2, 0.25) is 0 Å². The van der Waals surface area contributed by atoms with Gasteiger partial charge >= 0.3 is 0 Å². The number of hydrogen-bond donors (Lipinski definition) is 2. The van der Waals surface area contributed by atoms with Crippen LogP contribution in [0.25, 0.3) is 11.1 Å². The zero-order chi connectivity index (χ0) is 33.9. The molecule has 0 aliphatic carbocycles. The SMILES string of the molecule is CCOC1CCN(C(=O)c2ccc(Nc3cc(-c4cccc(N5CCc6cc(N(C)C)ccc6C5=O)c4CO)cn(C)c3=O)nc2)CC1. The number of anilines is 4. The number of aromatic nitrogens is 2. The van der Waals surface area contributed by atoms with Gasteiger partial charge in [0.05, 0.1) is 24.0 Å². The zero-order valence-electron chi connectivity index (χ0n) is 27.9. The van der Waals surface area contributed by atoms with Crippen LogP contribution >= 0.6 is 0 Å². The minimum atomic E-state index is -0.298. The van der Waals surface area contributed by atoms with Crippen LogP contribution in [0.5, 0.6) is 0 Å². The van der Waals surface area contributed by atoms with E-state index in [0.29, 0.717) is 72.0 Å². The summed E-state index contributed by atoms with van der Waals surface area (Å²) in [5.74, 6) is 0.230. The van der Waals surface area contributed by atoms with Gasteiger partial charge in [0, 0.05) is 82.2 Å². The van der Waals surface area contributed by atoms with Crippen molar-refractivity contribution in [2.24, 2.45) is 7.05 Å². The van der Waals surface area contributed by atoms with Gasteiger partial charge in [-0.15, -0.1) is 0 Å². The van der Waals surface area contributed by atoms with Crippen LogP contribution in [0.15, 0.2) is 71.8 Å². The predicted octanol–water partition coefficient (Wildman–Crippen LogP) is 4.59. The summed E-state index contributed by atoms with van der Waals surface area (Å²) in [6, 6.07) is 16.6. The van der Waals surface area contributed by atoms with E-state index in [9.17, 15) is 19.5 Å². The Hall–Kier alpha value is -5.00. The van der Waals surface area contributed by atoms with Crippen LogP contribution in [0.1, 0.15) is 51.6 Å². The number of likely N-dealkylation sites (tertiary alicyclic amines) is 1. The number of benzene rings is 2. The standard InChI is InChI=1S/C37H42N6O5/c1-5-48-28-14-16-42(17-15-28)35(45)25-9-12-34(38-21-25)39-32-20-26(22-41(4)37(32)47)29-7-6-8-33(31(29)23-44)43-18-13-24-19-27(40(2)3)10-11-30(24)36(43)46/h6-12,19-22,28,44H,5,13-18,23H2,1-4H3,(H,38,39). The molecule has 0 spiro atoms. The second kappa shape index (κ2) is 14.0. The van der Waals surface area contributed by atoms with Gasteiger partial charge in [-0.25, -0.2) is 4.98 Å². The summed E-state index contributed by atoms with van der Waals surface area (Å²) in [6.45, 7) is 4.11. The highest BCUT2D eigenvalue weighted by Crippen LogP contribution is 2.35. The largest absolute Gasteiger partial charge is 0.392 e. The lowest BCUT2D eigenvalue weighted by Gasteiger charge is -2.31. The first-order chi connectivity index (χ1) is 23.2. The molecule has 0 atom stereocenters. The molecule has 0 unspecified atom stereocenters. The summed E-state index contributed by atoms with van der Waals surface area (Å²) in [7, 11) is 5.61. The summed E-state index contributed by atoms with van der Waals surface area (Å²) >= 11 is 0. The number of piperidine rings is 1. The average molecular weight is 651 g/mol. The monoisotopic (exact) mass is 650 g/mol. The molecule has 2 amide bonds. The molecular weight excluding hydrogens is 608 g/mol. The summed E-state index contributed by atoms with van der Waals surface area (Å²) in [4.78, 5) is 50.0. The van der Waals surface area contributed by atoms with Crippen molar-refractivity contribution in [3.05, 3.63) is 99.6 Å². The van der Waals surface area contributed by atoms with E-state index < -0.39 is 0 Å². The minimum absolute atomic E-state index is 0.0766. The zero-order valence-corrected chi connectivity index (χ0v) is 27.9. The van der Waals surface area contributed by atoms with Gasteiger partial charge in [-0.2, -0.15) is 0 Å². The molecule has 11 heteroatoms. The van der Waals surface area contributed by atoms with E-state index in [0.717, 1.165) is 24.1 Å². The molecule has 48 heavy (non-hydrogen) atoms. The van der Waals surface area contributed by atoms with Crippen molar-refractivity contribution < 1.29 is 19.4 Å². The fourth-order valence-corrected chi connectivity index (χ4v) is 6.57. The maximum atomic E-state index is 13.7. The normalized spacial score (nSPS) is 15.0. The van der Waals surface area contributed by atoms with Crippen LogP contribution in [-0.4, -0.2) is 77.8 Å². The molecule has 2 aliphatic rings. The quantitative estimate of drug-likeness (QED) is 0.270. The van der Waals surface area contributed by atoms with E-state index in [1.165, 1.54) is 10.8 Å². The number of nitrogens with one attached hydrogen (secondary N) is 1. The van der Waals surface area contributed by atoms with Gasteiger partial charge in [-0.05, 0) is 79.8 Å². The molecule has 0 saturated carbocycles. The van der Waals surface area contributed by atoms with Crippen LogP contribution in [0.2, 0.25) is 0 Å². The third kappa shape index (κ3) is 6.56. The summed E-state index contributed by atoms with van der Waals surface area (Å²) < 4.78 is 7.17. The summed E-state index contributed by atoms with van der Waals surface area (Å²) in [5, 5.41) is 13.7. The molecule has 2 aromatic heterocycles. The number of aliphatic hydroxyl groups excluding tert-OH is 1. The Kier molecular flexibility index (Phi) is 9.61. The van der Waals surface area contributed by atoms with Gasteiger partial charge in [0.1, 0.15) is 11.5 Å². The number of aryl methyl sites for hydroxylation is 1. The van der Waals surface area contributed by atoms with Crippen LogP contribution in [0.4, 0.5) is 22.9 Å². The van der Waals surface area contributed by atoms with Gasteiger partial charge in [0.15, 0.2) is 0 Å². The maximum absolute atomic E-state index is 13.7. The van der Waals surface area contributed by atoms with Crippen molar-refractivity contribution in [3.8, 4) is 11.1 Å². The third-order valence-corrected chi connectivity index (χ3v) is 9.18. The number of fused-ring (bicyclic) bond motifs is 1. The van der Waals surface area contributed by atoms with Gasteiger partial charge in [-0.3, -0.25) is 14.4 Å². The maximum Gasteiger partial charge on any atom is 0.274 e. The number of carbonyl (C=O) groups is 2. The Labute approximate surface area is 280 Å². The van der Waals surface area contributed by atoms with Crippen molar-refractivity contribution in [2.75, 3.05) is 55.5 Å². The van der Waals surface area contributed by atoms with Gasteiger partial charge in [-0.1, -0.05) is 12.1 Å². The first kappa shape index (κ1) is 32.9. The number of amides is 2. The number of aliphatic hydroxyl groups is 1. The lowest BCUT2D eigenvalue weighted by molar-refractivity contribution is 0.0146.